The van der Waals surface area contributed by atoms with Gasteiger partial charge in [-0.05, 0) is 76.5 Å². The van der Waals surface area contributed by atoms with Crippen LogP contribution in [0.25, 0.3) is 64.1 Å². The largest absolute Gasteiger partial charge is 0.438 e. The lowest BCUT2D eigenvalue weighted by Gasteiger charge is -2.25. The number of nitrogens with zero attached hydrogens (tertiary/aromatic N) is 2. The second-order valence-corrected chi connectivity index (χ2v) is 12.0. The summed E-state index contributed by atoms with van der Waals surface area (Å²) in [6.45, 7) is 0. The van der Waals surface area contributed by atoms with Crippen LogP contribution in [0.3, 0.4) is 0 Å². The van der Waals surface area contributed by atoms with E-state index in [1.807, 2.05) is 17.5 Å². The van der Waals surface area contributed by atoms with E-state index >= 15 is 0 Å². The van der Waals surface area contributed by atoms with Crippen molar-refractivity contribution in [3.8, 4) is 11.1 Å². The lowest BCUT2D eigenvalue weighted by atomic mass is 10.0. The first-order chi connectivity index (χ1) is 21.3. The summed E-state index contributed by atoms with van der Waals surface area (Å²) in [5.74, 6) is 0. The Labute approximate surface area is 251 Å². The maximum Gasteiger partial charge on any atom is 0.227 e. The minimum absolute atomic E-state index is 0.646. The molecule has 3 aromatic heterocycles. The Morgan fingerprint density at radius 1 is 0.488 bits per heavy atom. The number of fused-ring (bicyclic) bond motifs is 7. The highest BCUT2D eigenvalue weighted by molar-refractivity contribution is 7.25. The van der Waals surface area contributed by atoms with Crippen molar-refractivity contribution in [2.45, 2.75) is 0 Å². The Hall–Kier alpha value is -5.45. The molecule has 202 valence electrons. The monoisotopic (exact) mass is 568 g/mol. The van der Waals surface area contributed by atoms with E-state index in [-0.39, 0.29) is 0 Å². The van der Waals surface area contributed by atoms with E-state index in [0.717, 1.165) is 38.8 Å². The molecule has 0 aliphatic rings. The van der Waals surface area contributed by atoms with E-state index in [0.29, 0.717) is 5.71 Å². The first-order valence-electron chi connectivity index (χ1n) is 14.4. The van der Waals surface area contributed by atoms with E-state index in [2.05, 4.69) is 144 Å². The molecular weight excluding hydrogens is 545 g/mol. The minimum atomic E-state index is 0.646. The lowest BCUT2D eigenvalue weighted by Crippen LogP contribution is -2.10. The van der Waals surface area contributed by atoms with Crippen molar-refractivity contribution >= 4 is 81.4 Å². The number of pyridine rings is 1. The van der Waals surface area contributed by atoms with Crippen molar-refractivity contribution in [2.75, 3.05) is 4.90 Å². The molecule has 0 unspecified atom stereocenters. The summed E-state index contributed by atoms with van der Waals surface area (Å²) in [4.78, 5) is 7.14. The summed E-state index contributed by atoms with van der Waals surface area (Å²) in [5, 5.41) is 6.97. The van der Waals surface area contributed by atoms with Crippen molar-refractivity contribution in [2.24, 2.45) is 0 Å². The predicted molar refractivity (Wildman–Crippen MR) is 182 cm³/mol. The number of thiophene rings is 1. The molecule has 0 atom stereocenters. The van der Waals surface area contributed by atoms with Gasteiger partial charge in [0.05, 0.1) is 17.3 Å². The minimum Gasteiger partial charge on any atom is -0.438 e. The maximum atomic E-state index is 6.24. The van der Waals surface area contributed by atoms with Gasteiger partial charge in [-0.15, -0.1) is 11.3 Å². The SMILES string of the molecule is c1ccc(-c2ccc(N(c3cnc4oc5cc6ccccc6cc5c4c3)c3ccc4sc5ccccc5c4c3)cc2)cc1. The van der Waals surface area contributed by atoms with Gasteiger partial charge >= 0.3 is 0 Å². The topological polar surface area (TPSA) is 29.3 Å². The fraction of sp³-hybridized carbons (Fsp3) is 0. The van der Waals surface area contributed by atoms with Gasteiger partial charge in [0.2, 0.25) is 5.71 Å². The Morgan fingerprint density at radius 2 is 1.16 bits per heavy atom. The highest BCUT2D eigenvalue weighted by Crippen LogP contribution is 2.42. The second-order valence-electron chi connectivity index (χ2n) is 10.9. The molecule has 6 aromatic carbocycles. The molecule has 3 heterocycles. The maximum absolute atomic E-state index is 6.24. The molecule has 0 saturated heterocycles. The lowest BCUT2D eigenvalue weighted by molar-refractivity contribution is 0.654. The number of hydrogen-bond donors (Lipinski definition) is 0. The molecule has 43 heavy (non-hydrogen) atoms. The van der Waals surface area contributed by atoms with Gasteiger partial charge in [0.25, 0.3) is 0 Å². The van der Waals surface area contributed by atoms with Crippen LogP contribution in [0, 0.1) is 0 Å². The average Bonchev–Trinajstić information content (AvgIpc) is 3.62. The normalized spacial score (nSPS) is 11.7. The third-order valence-electron chi connectivity index (χ3n) is 8.29. The van der Waals surface area contributed by atoms with E-state index < -0.39 is 0 Å². The predicted octanol–water partition coefficient (Wildman–Crippen LogP) is 11.6. The Kier molecular flexibility index (Phi) is 5.37. The van der Waals surface area contributed by atoms with Crippen LogP contribution in [0.4, 0.5) is 17.1 Å². The van der Waals surface area contributed by atoms with Crippen LogP contribution in [-0.4, -0.2) is 4.98 Å². The average molecular weight is 569 g/mol. The van der Waals surface area contributed by atoms with Gasteiger partial charge in [0, 0.05) is 36.9 Å². The smallest absolute Gasteiger partial charge is 0.227 e. The number of aromatic nitrogens is 1. The van der Waals surface area contributed by atoms with Crippen LogP contribution < -0.4 is 4.90 Å². The Bertz CT molecular complexity index is 2460. The molecule has 0 radical (unpaired) electrons. The molecule has 9 aromatic rings. The summed E-state index contributed by atoms with van der Waals surface area (Å²) < 4.78 is 8.82. The molecule has 0 amide bonds. The highest BCUT2D eigenvalue weighted by atomic mass is 32.1. The number of rotatable bonds is 4. The molecule has 0 aliphatic carbocycles. The number of furan rings is 1. The number of hydrogen-bond acceptors (Lipinski definition) is 4. The number of anilines is 3. The zero-order valence-electron chi connectivity index (χ0n) is 23.1. The van der Waals surface area contributed by atoms with Gasteiger partial charge in [0.1, 0.15) is 5.58 Å². The van der Waals surface area contributed by atoms with Crippen molar-refractivity contribution in [3.05, 3.63) is 146 Å². The fourth-order valence-corrected chi connectivity index (χ4v) is 7.28. The van der Waals surface area contributed by atoms with Crippen molar-refractivity contribution in [1.82, 2.24) is 4.98 Å². The third kappa shape index (κ3) is 3.99. The van der Waals surface area contributed by atoms with Crippen molar-refractivity contribution < 1.29 is 4.42 Å². The second kappa shape index (κ2) is 9.55. The molecule has 0 spiro atoms. The van der Waals surface area contributed by atoms with E-state index in [1.165, 1.54) is 36.7 Å². The van der Waals surface area contributed by atoms with Gasteiger partial charge in [-0.3, -0.25) is 0 Å². The van der Waals surface area contributed by atoms with Gasteiger partial charge in [-0.25, -0.2) is 4.98 Å². The summed E-state index contributed by atoms with van der Waals surface area (Å²) in [5.41, 5.74) is 7.02. The van der Waals surface area contributed by atoms with Crippen molar-refractivity contribution in [1.29, 1.82) is 0 Å². The van der Waals surface area contributed by atoms with Crippen LogP contribution >= 0.6 is 11.3 Å². The van der Waals surface area contributed by atoms with Gasteiger partial charge in [-0.1, -0.05) is 84.9 Å². The van der Waals surface area contributed by atoms with E-state index in [4.69, 9.17) is 9.40 Å². The molecular formula is C39H24N2OS. The Balaban J connectivity index is 1.25. The fourth-order valence-electron chi connectivity index (χ4n) is 6.19. The molecule has 0 fully saturated rings. The number of benzene rings is 6. The summed E-state index contributed by atoms with van der Waals surface area (Å²) >= 11 is 1.84. The first kappa shape index (κ1) is 24.2. The summed E-state index contributed by atoms with van der Waals surface area (Å²) in [6.07, 6.45) is 1.92. The van der Waals surface area contributed by atoms with Gasteiger partial charge in [0.15, 0.2) is 0 Å². The van der Waals surface area contributed by atoms with Crippen molar-refractivity contribution in [3.63, 3.8) is 0 Å². The summed E-state index contributed by atoms with van der Waals surface area (Å²) in [6, 6.07) is 49.6. The molecule has 4 heteroatoms. The molecule has 0 aliphatic heterocycles. The van der Waals surface area contributed by atoms with Crippen LogP contribution in [0.5, 0.6) is 0 Å². The zero-order valence-corrected chi connectivity index (χ0v) is 23.9. The molecule has 9 rings (SSSR count). The quantitative estimate of drug-likeness (QED) is 0.211. The molecule has 0 bridgehead atoms. The van der Waals surface area contributed by atoms with Crippen LogP contribution in [0.2, 0.25) is 0 Å². The molecule has 0 N–H and O–H groups in total. The van der Waals surface area contributed by atoms with Crippen LogP contribution in [-0.2, 0) is 0 Å². The standard InChI is InChI=1S/C39H24N2OS/c1-2-8-25(9-3-1)26-14-16-29(17-15-26)41(30-18-19-38-34(22-30)32-12-6-7-13-37(32)43-38)31-23-35-33-20-27-10-4-5-11-28(27)21-36(33)42-39(35)40-24-31/h1-24H. The van der Waals surface area contributed by atoms with Crippen LogP contribution in [0.1, 0.15) is 0 Å². The first-order valence-corrected chi connectivity index (χ1v) is 15.2. The zero-order chi connectivity index (χ0) is 28.3. The highest BCUT2D eigenvalue weighted by Gasteiger charge is 2.18. The molecule has 3 nitrogen and oxygen atoms in total. The summed E-state index contributed by atoms with van der Waals surface area (Å²) in [7, 11) is 0. The van der Waals surface area contributed by atoms with Gasteiger partial charge in [-0.2, -0.15) is 0 Å². The third-order valence-corrected chi connectivity index (χ3v) is 9.44. The van der Waals surface area contributed by atoms with E-state index in [9.17, 15) is 0 Å². The van der Waals surface area contributed by atoms with Gasteiger partial charge < -0.3 is 9.32 Å². The molecule has 0 saturated carbocycles. The van der Waals surface area contributed by atoms with E-state index in [1.54, 1.807) is 0 Å². The van der Waals surface area contributed by atoms with Crippen LogP contribution in [0.15, 0.2) is 150 Å². The Morgan fingerprint density at radius 3 is 2.02 bits per heavy atom.